The SMILES string of the molecule is Nc1ccc2onc(-c3ccc(F)cc3)c2c1. The lowest BCUT2D eigenvalue weighted by atomic mass is 10.1. The molecule has 0 saturated heterocycles. The van der Waals surface area contributed by atoms with Crippen LogP contribution in [0.2, 0.25) is 0 Å². The molecule has 17 heavy (non-hydrogen) atoms. The zero-order chi connectivity index (χ0) is 11.8. The van der Waals surface area contributed by atoms with Crippen LogP contribution < -0.4 is 5.73 Å². The first-order valence-corrected chi connectivity index (χ1v) is 5.15. The molecular weight excluding hydrogens is 219 g/mol. The number of nitrogens with zero attached hydrogens (tertiary/aromatic N) is 1. The predicted molar refractivity (Wildman–Crippen MR) is 63.8 cm³/mol. The molecule has 2 N–H and O–H groups in total. The first kappa shape index (κ1) is 9.84. The Morgan fingerprint density at radius 1 is 1.06 bits per heavy atom. The van der Waals surface area contributed by atoms with Gasteiger partial charge in [0.2, 0.25) is 0 Å². The van der Waals surface area contributed by atoms with Crippen LogP contribution in [-0.4, -0.2) is 5.16 Å². The van der Waals surface area contributed by atoms with Crippen molar-refractivity contribution in [2.45, 2.75) is 0 Å². The second-order valence-corrected chi connectivity index (χ2v) is 3.79. The Morgan fingerprint density at radius 2 is 1.82 bits per heavy atom. The lowest BCUT2D eigenvalue weighted by Gasteiger charge is -1.97. The summed E-state index contributed by atoms with van der Waals surface area (Å²) in [5.74, 6) is -0.277. The first-order valence-electron chi connectivity index (χ1n) is 5.15. The van der Waals surface area contributed by atoms with Gasteiger partial charge in [-0.05, 0) is 42.5 Å². The zero-order valence-electron chi connectivity index (χ0n) is 8.85. The molecule has 3 nitrogen and oxygen atoms in total. The summed E-state index contributed by atoms with van der Waals surface area (Å²) < 4.78 is 18.0. The Labute approximate surface area is 96.6 Å². The number of anilines is 1. The largest absolute Gasteiger partial charge is 0.399 e. The number of hydrogen-bond acceptors (Lipinski definition) is 3. The van der Waals surface area contributed by atoms with Gasteiger partial charge in [-0.2, -0.15) is 0 Å². The summed E-state index contributed by atoms with van der Waals surface area (Å²) in [6, 6.07) is 11.4. The zero-order valence-corrected chi connectivity index (χ0v) is 8.85. The Kier molecular flexibility index (Phi) is 2.08. The van der Waals surface area contributed by atoms with Crippen molar-refractivity contribution in [2.24, 2.45) is 0 Å². The molecule has 0 aliphatic carbocycles. The maximum absolute atomic E-state index is 12.8. The van der Waals surface area contributed by atoms with E-state index in [1.54, 1.807) is 30.3 Å². The molecule has 3 aromatic rings. The van der Waals surface area contributed by atoms with Crippen molar-refractivity contribution in [1.82, 2.24) is 5.16 Å². The van der Waals surface area contributed by atoms with Crippen LogP contribution in [0.1, 0.15) is 0 Å². The van der Waals surface area contributed by atoms with E-state index >= 15 is 0 Å². The second-order valence-electron chi connectivity index (χ2n) is 3.79. The third-order valence-corrected chi connectivity index (χ3v) is 2.61. The number of fused-ring (bicyclic) bond motifs is 1. The molecule has 0 amide bonds. The molecule has 0 bridgehead atoms. The molecular formula is C13H9FN2O. The van der Waals surface area contributed by atoms with Gasteiger partial charge >= 0.3 is 0 Å². The Bertz CT molecular complexity index is 673. The third-order valence-electron chi connectivity index (χ3n) is 2.61. The smallest absolute Gasteiger partial charge is 0.167 e. The minimum absolute atomic E-state index is 0.277. The summed E-state index contributed by atoms with van der Waals surface area (Å²) in [6.07, 6.45) is 0. The molecule has 4 heteroatoms. The topological polar surface area (TPSA) is 52.0 Å². The molecule has 84 valence electrons. The molecule has 0 fully saturated rings. The van der Waals surface area contributed by atoms with Crippen LogP contribution in [-0.2, 0) is 0 Å². The molecule has 0 saturated carbocycles. The van der Waals surface area contributed by atoms with Gasteiger partial charge in [0.15, 0.2) is 5.58 Å². The van der Waals surface area contributed by atoms with Crippen molar-refractivity contribution in [1.29, 1.82) is 0 Å². The fourth-order valence-electron chi connectivity index (χ4n) is 1.77. The lowest BCUT2D eigenvalue weighted by Crippen LogP contribution is -1.83. The number of hydrogen-bond donors (Lipinski definition) is 1. The number of halogens is 1. The number of benzene rings is 2. The fraction of sp³-hybridized carbons (Fsp3) is 0. The summed E-state index contributed by atoms with van der Waals surface area (Å²) in [7, 11) is 0. The van der Waals surface area contributed by atoms with Crippen LogP contribution in [0.4, 0.5) is 10.1 Å². The highest BCUT2D eigenvalue weighted by atomic mass is 19.1. The van der Waals surface area contributed by atoms with E-state index in [1.807, 2.05) is 0 Å². The first-order chi connectivity index (χ1) is 8.24. The normalized spacial score (nSPS) is 10.9. The van der Waals surface area contributed by atoms with Gasteiger partial charge in [-0.3, -0.25) is 0 Å². The summed E-state index contributed by atoms with van der Waals surface area (Å²) in [5.41, 5.74) is 8.51. The number of nitrogen functional groups attached to an aromatic ring is 1. The highest BCUT2D eigenvalue weighted by Gasteiger charge is 2.10. The van der Waals surface area contributed by atoms with Gasteiger partial charge in [-0.25, -0.2) is 4.39 Å². The fourth-order valence-corrected chi connectivity index (χ4v) is 1.77. The van der Waals surface area contributed by atoms with E-state index in [4.69, 9.17) is 10.3 Å². The standard InChI is InChI=1S/C13H9FN2O/c14-9-3-1-8(2-4-9)13-11-7-10(15)5-6-12(11)17-16-13/h1-7H,15H2. The maximum atomic E-state index is 12.8. The molecule has 0 unspecified atom stereocenters. The van der Waals surface area contributed by atoms with Crippen LogP contribution in [0.5, 0.6) is 0 Å². The molecule has 0 spiro atoms. The average molecular weight is 228 g/mol. The van der Waals surface area contributed by atoms with Crippen molar-refractivity contribution in [2.75, 3.05) is 5.73 Å². The minimum Gasteiger partial charge on any atom is -0.399 e. The highest BCUT2D eigenvalue weighted by molar-refractivity contribution is 5.93. The number of rotatable bonds is 1. The van der Waals surface area contributed by atoms with Gasteiger partial charge in [0.25, 0.3) is 0 Å². The second kappa shape index (κ2) is 3.59. The average Bonchev–Trinajstić information content (AvgIpc) is 2.73. The molecule has 2 aromatic carbocycles. The Balaban J connectivity index is 2.23. The maximum Gasteiger partial charge on any atom is 0.167 e. The van der Waals surface area contributed by atoms with Gasteiger partial charge in [-0.1, -0.05) is 5.16 Å². The van der Waals surface area contributed by atoms with Crippen LogP contribution in [0.15, 0.2) is 47.0 Å². The van der Waals surface area contributed by atoms with Gasteiger partial charge in [0.1, 0.15) is 11.5 Å². The van der Waals surface area contributed by atoms with E-state index in [0.29, 0.717) is 17.0 Å². The lowest BCUT2D eigenvalue weighted by molar-refractivity contribution is 0.459. The minimum atomic E-state index is -0.277. The summed E-state index contributed by atoms with van der Waals surface area (Å²) in [4.78, 5) is 0. The summed E-state index contributed by atoms with van der Waals surface area (Å²) >= 11 is 0. The molecule has 1 heterocycles. The van der Waals surface area contributed by atoms with Crippen LogP contribution >= 0.6 is 0 Å². The van der Waals surface area contributed by atoms with Crippen LogP contribution in [0, 0.1) is 5.82 Å². The summed E-state index contributed by atoms with van der Waals surface area (Å²) in [6.45, 7) is 0. The molecule has 0 aliphatic heterocycles. The molecule has 0 atom stereocenters. The van der Waals surface area contributed by atoms with E-state index in [-0.39, 0.29) is 5.82 Å². The van der Waals surface area contributed by atoms with Crippen molar-refractivity contribution in [3.8, 4) is 11.3 Å². The third kappa shape index (κ3) is 1.63. The van der Waals surface area contributed by atoms with E-state index in [9.17, 15) is 4.39 Å². The number of aromatic nitrogens is 1. The van der Waals surface area contributed by atoms with Gasteiger partial charge < -0.3 is 10.3 Å². The van der Waals surface area contributed by atoms with Gasteiger partial charge in [-0.15, -0.1) is 0 Å². The predicted octanol–water partition coefficient (Wildman–Crippen LogP) is 3.22. The molecule has 1 aromatic heterocycles. The molecule has 0 radical (unpaired) electrons. The van der Waals surface area contributed by atoms with Crippen LogP contribution in [0.25, 0.3) is 22.2 Å². The number of nitrogens with two attached hydrogens (primary N) is 1. The molecule has 0 aliphatic rings. The van der Waals surface area contributed by atoms with E-state index < -0.39 is 0 Å². The molecule has 3 rings (SSSR count). The van der Waals surface area contributed by atoms with Crippen molar-refractivity contribution in [3.05, 3.63) is 48.3 Å². The van der Waals surface area contributed by atoms with Crippen molar-refractivity contribution in [3.63, 3.8) is 0 Å². The monoisotopic (exact) mass is 228 g/mol. The van der Waals surface area contributed by atoms with Crippen molar-refractivity contribution >= 4 is 16.7 Å². The van der Waals surface area contributed by atoms with Crippen molar-refractivity contribution < 1.29 is 8.91 Å². The van der Waals surface area contributed by atoms with E-state index in [2.05, 4.69) is 5.16 Å². The Hall–Kier alpha value is -2.36. The Morgan fingerprint density at radius 3 is 2.59 bits per heavy atom. The van der Waals surface area contributed by atoms with Crippen LogP contribution in [0.3, 0.4) is 0 Å². The quantitative estimate of drug-likeness (QED) is 0.650. The van der Waals surface area contributed by atoms with Gasteiger partial charge in [0.05, 0.1) is 5.39 Å². The van der Waals surface area contributed by atoms with E-state index in [1.165, 1.54) is 12.1 Å². The summed E-state index contributed by atoms with van der Waals surface area (Å²) in [5, 5.41) is 4.81. The highest BCUT2D eigenvalue weighted by Crippen LogP contribution is 2.29. The van der Waals surface area contributed by atoms with Gasteiger partial charge in [0, 0.05) is 11.3 Å². The van der Waals surface area contributed by atoms with E-state index in [0.717, 1.165) is 10.9 Å².